The fourth-order valence-corrected chi connectivity index (χ4v) is 2.47. The van der Waals surface area contributed by atoms with Gasteiger partial charge < -0.3 is 19.6 Å². The number of ether oxygens (including phenoxy) is 2. The summed E-state index contributed by atoms with van der Waals surface area (Å²) in [5, 5.41) is 10.9. The van der Waals surface area contributed by atoms with Crippen LogP contribution in [0.1, 0.15) is 13.3 Å². The predicted octanol–water partition coefficient (Wildman–Crippen LogP) is 3.18. The molecule has 0 bridgehead atoms. The van der Waals surface area contributed by atoms with Crippen molar-refractivity contribution in [2.45, 2.75) is 13.3 Å². The van der Waals surface area contributed by atoms with Crippen LogP contribution in [0, 0.1) is 0 Å². The number of aromatic hydroxyl groups is 1. The summed E-state index contributed by atoms with van der Waals surface area (Å²) in [7, 11) is 1.55. The van der Waals surface area contributed by atoms with Crippen LogP contribution in [0.2, 0.25) is 0 Å². The largest absolute Gasteiger partial charge is 0.507 e. The summed E-state index contributed by atoms with van der Waals surface area (Å²) in [6.07, 6.45) is 0.868. The summed E-state index contributed by atoms with van der Waals surface area (Å²) in [6, 6.07) is 8.43. The maximum Gasteiger partial charge on any atom is 0.201 e. The molecule has 0 aliphatic rings. The molecule has 1 heterocycles. The number of phenolic OH excluding ortho intramolecular Hbond substituents is 1. The van der Waals surface area contributed by atoms with Gasteiger partial charge in [0.05, 0.1) is 30.1 Å². The van der Waals surface area contributed by atoms with Crippen LogP contribution in [0.4, 0.5) is 0 Å². The van der Waals surface area contributed by atoms with Crippen molar-refractivity contribution >= 4 is 21.8 Å². The lowest BCUT2D eigenvalue weighted by Gasteiger charge is -2.09. The van der Waals surface area contributed by atoms with Crippen molar-refractivity contribution in [2.24, 2.45) is 0 Å². The third kappa shape index (κ3) is 2.35. The van der Waals surface area contributed by atoms with E-state index >= 15 is 0 Å². The molecule has 0 amide bonds. The standard InChI is InChI=1S/C17H17NO4/c1-3-6-22-11-8-14-16(15(19)9-11)17(20)12-7-10(21-2)4-5-13(12)18-14/h4-5,7-9,19H,3,6H2,1-2H3,(H,18,20). The molecule has 0 saturated carbocycles. The van der Waals surface area contributed by atoms with Gasteiger partial charge in [-0.3, -0.25) is 4.79 Å². The van der Waals surface area contributed by atoms with Crippen molar-refractivity contribution in [2.75, 3.05) is 13.7 Å². The quantitative estimate of drug-likeness (QED) is 0.726. The van der Waals surface area contributed by atoms with Crippen LogP contribution in [0.5, 0.6) is 17.2 Å². The van der Waals surface area contributed by atoms with Crippen LogP contribution in [-0.2, 0) is 0 Å². The molecule has 0 fully saturated rings. The molecule has 2 aromatic carbocycles. The minimum Gasteiger partial charge on any atom is -0.507 e. The molecular weight excluding hydrogens is 282 g/mol. The van der Waals surface area contributed by atoms with Crippen molar-refractivity contribution in [1.29, 1.82) is 0 Å². The fraction of sp³-hybridized carbons (Fsp3) is 0.235. The number of benzene rings is 2. The molecule has 0 spiro atoms. The normalized spacial score (nSPS) is 11.0. The highest BCUT2D eigenvalue weighted by molar-refractivity contribution is 5.96. The molecular formula is C17H17NO4. The van der Waals surface area contributed by atoms with E-state index in [1.165, 1.54) is 6.07 Å². The first kappa shape index (κ1) is 14.3. The lowest BCUT2D eigenvalue weighted by Crippen LogP contribution is -2.05. The van der Waals surface area contributed by atoms with E-state index in [9.17, 15) is 9.90 Å². The first-order chi connectivity index (χ1) is 10.6. The Morgan fingerprint density at radius 2 is 1.95 bits per heavy atom. The van der Waals surface area contributed by atoms with E-state index in [0.29, 0.717) is 34.5 Å². The highest BCUT2D eigenvalue weighted by Crippen LogP contribution is 2.29. The second-order valence-electron chi connectivity index (χ2n) is 5.08. The van der Waals surface area contributed by atoms with Crippen LogP contribution in [-0.4, -0.2) is 23.8 Å². The number of rotatable bonds is 4. The molecule has 114 valence electrons. The monoisotopic (exact) mass is 299 g/mol. The van der Waals surface area contributed by atoms with Gasteiger partial charge >= 0.3 is 0 Å². The van der Waals surface area contributed by atoms with Gasteiger partial charge in [0.1, 0.15) is 17.2 Å². The topological polar surface area (TPSA) is 71.6 Å². The number of fused-ring (bicyclic) bond motifs is 2. The minimum atomic E-state index is -0.234. The highest BCUT2D eigenvalue weighted by atomic mass is 16.5. The van der Waals surface area contributed by atoms with Gasteiger partial charge in [0.15, 0.2) is 0 Å². The van der Waals surface area contributed by atoms with Crippen LogP contribution in [0.3, 0.4) is 0 Å². The number of aromatic nitrogens is 1. The molecule has 0 atom stereocenters. The summed E-state index contributed by atoms with van der Waals surface area (Å²) < 4.78 is 10.7. The van der Waals surface area contributed by atoms with Crippen molar-refractivity contribution in [1.82, 2.24) is 4.98 Å². The second kappa shape index (κ2) is 5.60. The summed E-state index contributed by atoms with van der Waals surface area (Å²) in [6.45, 7) is 2.56. The first-order valence-corrected chi connectivity index (χ1v) is 7.13. The summed E-state index contributed by atoms with van der Waals surface area (Å²) in [4.78, 5) is 15.8. The predicted molar refractivity (Wildman–Crippen MR) is 86.1 cm³/mol. The van der Waals surface area contributed by atoms with Crippen LogP contribution < -0.4 is 14.9 Å². The Kier molecular flexibility index (Phi) is 3.63. The summed E-state index contributed by atoms with van der Waals surface area (Å²) in [5.41, 5.74) is 1.00. The van der Waals surface area contributed by atoms with Crippen molar-refractivity contribution in [3.8, 4) is 17.2 Å². The maximum absolute atomic E-state index is 12.6. The Labute approximate surface area is 127 Å². The van der Waals surface area contributed by atoms with Gasteiger partial charge in [-0.1, -0.05) is 6.92 Å². The minimum absolute atomic E-state index is 0.0884. The maximum atomic E-state index is 12.6. The number of methoxy groups -OCH3 is 1. The van der Waals surface area contributed by atoms with Crippen LogP contribution in [0.15, 0.2) is 35.1 Å². The molecule has 22 heavy (non-hydrogen) atoms. The Balaban J connectivity index is 2.28. The van der Waals surface area contributed by atoms with Crippen molar-refractivity contribution in [3.05, 3.63) is 40.6 Å². The van der Waals surface area contributed by atoms with Crippen LogP contribution >= 0.6 is 0 Å². The number of phenols is 1. The molecule has 0 unspecified atom stereocenters. The molecule has 1 aromatic heterocycles. The Morgan fingerprint density at radius 1 is 1.14 bits per heavy atom. The van der Waals surface area contributed by atoms with E-state index < -0.39 is 0 Å². The fourth-order valence-electron chi connectivity index (χ4n) is 2.47. The van der Waals surface area contributed by atoms with E-state index in [1.54, 1.807) is 31.4 Å². The first-order valence-electron chi connectivity index (χ1n) is 7.13. The van der Waals surface area contributed by atoms with E-state index in [1.807, 2.05) is 6.92 Å². The molecule has 0 radical (unpaired) electrons. The zero-order valence-electron chi connectivity index (χ0n) is 12.5. The SMILES string of the molecule is CCCOc1cc(O)c2c(=O)c3cc(OC)ccc3[nH]c2c1. The lowest BCUT2D eigenvalue weighted by molar-refractivity contribution is 0.316. The average molecular weight is 299 g/mol. The zero-order chi connectivity index (χ0) is 15.7. The van der Waals surface area contributed by atoms with E-state index in [4.69, 9.17) is 9.47 Å². The number of H-pyrrole nitrogens is 1. The van der Waals surface area contributed by atoms with E-state index in [-0.39, 0.29) is 16.6 Å². The smallest absolute Gasteiger partial charge is 0.201 e. The zero-order valence-corrected chi connectivity index (χ0v) is 12.5. The van der Waals surface area contributed by atoms with Gasteiger partial charge in [-0.2, -0.15) is 0 Å². The number of aromatic amines is 1. The Bertz CT molecular complexity index is 898. The third-order valence-corrected chi connectivity index (χ3v) is 3.53. The molecule has 0 aliphatic carbocycles. The second-order valence-corrected chi connectivity index (χ2v) is 5.08. The molecule has 3 rings (SSSR count). The van der Waals surface area contributed by atoms with E-state index in [0.717, 1.165) is 6.42 Å². The average Bonchev–Trinajstić information content (AvgIpc) is 2.52. The van der Waals surface area contributed by atoms with Gasteiger partial charge in [-0.15, -0.1) is 0 Å². The highest BCUT2D eigenvalue weighted by Gasteiger charge is 2.12. The number of pyridine rings is 1. The lowest BCUT2D eigenvalue weighted by atomic mass is 10.1. The number of nitrogens with one attached hydrogen (secondary N) is 1. The third-order valence-electron chi connectivity index (χ3n) is 3.53. The molecule has 2 N–H and O–H groups in total. The Hall–Kier alpha value is -2.69. The molecule has 0 saturated heterocycles. The van der Waals surface area contributed by atoms with Gasteiger partial charge in [-0.05, 0) is 24.6 Å². The number of hydrogen-bond acceptors (Lipinski definition) is 4. The van der Waals surface area contributed by atoms with Crippen LogP contribution in [0.25, 0.3) is 21.8 Å². The van der Waals surface area contributed by atoms with Gasteiger partial charge in [-0.25, -0.2) is 0 Å². The Morgan fingerprint density at radius 3 is 2.68 bits per heavy atom. The summed E-state index contributed by atoms with van der Waals surface area (Å²) >= 11 is 0. The van der Waals surface area contributed by atoms with E-state index in [2.05, 4.69) is 4.98 Å². The number of hydrogen-bond donors (Lipinski definition) is 2. The van der Waals surface area contributed by atoms with Gasteiger partial charge in [0.25, 0.3) is 0 Å². The van der Waals surface area contributed by atoms with Crippen molar-refractivity contribution < 1.29 is 14.6 Å². The van der Waals surface area contributed by atoms with Crippen molar-refractivity contribution in [3.63, 3.8) is 0 Å². The van der Waals surface area contributed by atoms with Gasteiger partial charge in [0.2, 0.25) is 5.43 Å². The molecule has 3 aromatic rings. The molecule has 0 aliphatic heterocycles. The summed E-state index contributed by atoms with van der Waals surface area (Å²) in [5.74, 6) is 1.05. The molecule has 5 heteroatoms. The molecule has 5 nitrogen and oxygen atoms in total. The van der Waals surface area contributed by atoms with Gasteiger partial charge in [0, 0.05) is 17.5 Å².